The highest BCUT2D eigenvalue weighted by Gasteiger charge is 2.43. The van der Waals surface area contributed by atoms with E-state index >= 15 is 0 Å². The topological polar surface area (TPSA) is 49.6 Å². The molecular weight excluding hydrogens is 178 g/mol. The van der Waals surface area contributed by atoms with Gasteiger partial charge in [0.05, 0.1) is 6.04 Å². The molecule has 2 N–H and O–H groups in total. The second kappa shape index (κ2) is 3.77. The van der Waals surface area contributed by atoms with Crippen molar-refractivity contribution in [2.24, 2.45) is 5.73 Å². The van der Waals surface area contributed by atoms with Gasteiger partial charge in [-0.1, -0.05) is 0 Å². The van der Waals surface area contributed by atoms with Crippen LogP contribution in [-0.2, 0) is 0 Å². The van der Waals surface area contributed by atoms with Crippen LogP contribution in [0.5, 0.6) is 0 Å². The van der Waals surface area contributed by atoms with Crippen LogP contribution in [0.1, 0.15) is 34.6 Å². The van der Waals surface area contributed by atoms with Gasteiger partial charge in [0.2, 0.25) is 0 Å². The molecule has 4 heteroatoms. The van der Waals surface area contributed by atoms with E-state index in [0.717, 1.165) is 0 Å². The zero-order valence-corrected chi connectivity index (χ0v) is 9.69. The van der Waals surface area contributed by atoms with Gasteiger partial charge in [-0.25, -0.2) is 4.79 Å². The molecule has 4 nitrogen and oxygen atoms in total. The maximum Gasteiger partial charge on any atom is 0.322 e. The van der Waals surface area contributed by atoms with Crippen molar-refractivity contribution in [1.29, 1.82) is 0 Å². The highest BCUT2D eigenvalue weighted by molar-refractivity contribution is 5.78. The lowest BCUT2D eigenvalue weighted by atomic mass is 10.2. The summed E-state index contributed by atoms with van der Waals surface area (Å²) in [6, 6.07) is 0.552. The van der Waals surface area contributed by atoms with Gasteiger partial charge >= 0.3 is 6.03 Å². The van der Waals surface area contributed by atoms with E-state index in [4.69, 9.17) is 5.73 Å². The molecule has 1 fully saturated rings. The molecular formula is C10H21N3O. The van der Waals surface area contributed by atoms with Gasteiger partial charge in [-0.15, -0.1) is 0 Å². The molecule has 14 heavy (non-hydrogen) atoms. The number of carbonyl (C=O) groups is 1. The number of rotatable bonds is 2. The summed E-state index contributed by atoms with van der Waals surface area (Å²) in [5.41, 5.74) is 6.01. The molecule has 1 aliphatic rings. The molecule has 0 radical (unpaired) electrons. The van der Waals surface area contributed by atoms with Crippen molar-refractivity contribution in [2.45, 2.75) is 58.9 Å². The van der Waals surface area contributed by atoms with Crippen molar-refractivity contribution in [3.05, 3.63) is 0 Å². The van der Waals surface area contributed by atoms with Gasteiger partial charge in [0.15, 0.2) is 0 Å². The minimum Gasteiger partial charge on any atom is -0.316 e. The quantitative estimate of drug-likeness (QED) is 0.727. The van der Waals surface area contributed by atoms with Crippen LogP contribution in [-0.4, -0.2) is 40.1 Å². The molecule has 0 aromatic heterocycles. The van der Waals surface area contributed by atoms with Gasteiger partial charge in [0.1, 0.15) is 6.17 Å². The van der Waals surface area contributed by atoms with Crippen LogP contribution in [0.25, 0.3) is 0 Å². The summed E-state index contributed by atoms with van der Waals surface area (Å²) in [7, 11) is 0. The average molecular weight is 199 g/mol. The second-order valence-corrected chi connectivity index (χ2v) is 4.52. The summed E-state index contributed by atoms with van der Waals surface area (Å²) in [5, 5.41) is 0. The van der Waals surface area contributed by atoms with E-state index in [1.165, 1.54) is 0 Å². The highest BCUT2D eigenvalue weighted by atomic mass is 16.2. The predicted molar refractivity (Wildman–Crippen MR) is 56.8 cm³/mol. The Labute approximate surface area is 86.0 Å². The average Bonchev–Trinajstić information content (AvgIpc) is 2.23. The third-order valence-corrected chi connectivity index (χ3v) is 2.81. The van der Waals surface area contributed by atoms with E-state index in [9.17, 15) is 4.79 Å². The SMILES string of the molecule is CC(C)N1C(=O)N(C(C)C)C(N)C1C. The second-order valence-electron chi connectivity index (χ2n) is 4.52. The Bertz CT molecular complexity index is 205. The van der Waals surface area contributed by atoms with E-state index in [1.807, 2.05) is 39.5 Å². The van der Waals surface area contributed by atoms with Crippen LogP contribution in [0.3, 0.4) is 0 Å². The molecule has 0 aliphatic carbocycles. The normalized spacial score (nSPS) is 28.4. The molecule has 0 aromatic rings. The third kappa shape index (κ3) is 1.59. The van der Waals surface area contributed by atoms with Gasteiger partial charge in [0, 0.05) is 12.1 Å². The Morgan fingerprint density at radius 1 is 1.14 bits per heavy atom. The van der Waals surface area contributed by atoms with E-state index in [2.05, 4.69) is 0 Å². The zero-order valence-electron chi connectivity index (χ0n) is 9.69. The first-order valence-electron chi connectivity index (χ1n) is 5.24. The maximum atomic E-state index is 12.0. The van der Waals surface area contributed by atoms with Crippen LogP contribution in [0.15, 0.2) is 0 Å². The van der Waals surface area contributed by atoms with Crippen molar-refractivity contribution in [3.8, 4) is 0 Å². The number of amides is 2. The molecule has 1 saturated heterocycles. The summed E-state index contributed by atoms with van der Waals surface area (Å²) in [4.78, 5) is 15.6. The largest absolute Gasteiger partial charge is 0.322 e. The number of urea groups is 1. The molecule has 82 valence electrons. The van der Waals surface area contributed by atoms with Crippen molar-refractivity contribution >= 4 is 6.03 Å². The summed E-state index contributed by atoms with van der Waals surface area (Å²) in [5.74, 6) is 0. The third-order valence-electron chi connectivity index (χ3n) is 2.81. The Morgan fingerprint density at radius 2 is 1.57 bits per heavy atom. The first kappa shape index (κ1) is 11.3. The number of carbonyl (C=O) groups excluding carboxylic acids is 1. The Morgan fingerprint density at radius 3 is 1.79 bits per heavy atom. The minimum absolute atomic E-state index is 0.0648. The lowest BCUT2D eigenvalue weighted by molar-refractivity contribution is 0.167. The standard InChI is InChI=1S/C10H21N3O/c1-6(2)12-8(5)9(11)13(7(3)4)10(12)14/h6-9H,11H2,1-5H3. The van der Waals surface area contributed by atoms with Crippen molar-refractivity contribution in [3.63, 3.8) is 0 Å². The lowest BCUT2D eigenvalue weighted by Gasteiger charge is -2.25. The van der Waals surface area contributed by atoms with E-state index in [0.29, 0.717) is 0 Å². The molecule has 0 aromatic carbocycles. The summed E-state index contributed by atoms with van der Waals surface area (Å²) in [6.07, 6.45) is -0.176. The van der Waals surface area contributed by atoms with Crippen molar-refractivity contribution < 1.29 is 4.79 Å². The fraction of sp³-hybridized carbons (Fsp3) is 0.900. The van der Waals surface area contributed by atoms with E-state index in [-0.39, 0.29) is 30.3 Å². The molecule has 0 spiro atoms. The minimum atomic E-state index is -0.176. The Hall–Kier alpha value is -0.770. The van der Waals surface area contributed by atoms with Crippen LogP contribution in [0.2, 0.25) is 0 Å². The summed E-state index contributed by atoms with van der Waals surface area (Å²) >= 11 is 0. The Balaban J connectivity index is 2.91. The molecule has 0 bridgehead atoms. The number of nitrogens with two attached hydrogens (primary N) is 1. The van der Waals surface area contributed by atoms with Crippen LogP contribution < -0.4 is 5.73 Å². The molecule has 2 unspecified atom stereocenters. The van der Waals surface area contributed by atoms with Crippen LogP contribution >= 0.6 is 0 Å². The summed E-state index contributed by atoms with van der Waals surface area (Å²) < 4.78 is 0. The first-order chi connectivity index (χ1) is 6.37. The zero-order chi connectivity index (χ0) is 11.0. The molecule has 1 rings (SSSR count). The molecule has 0 saturated carbocycles. The van der Waals surface area contributed by atoms with Gasteiger partial charge in [-0.3, -0.25) is 0 Å². The first-order valence-corrected chi connectivity index (χ1v) is 5.24. The smallest absolute Gasteiger partial charge is 0.316 e. The predicted octanol–water partition coefficient (Wildman–Crippen LogP) is 1.21. The van der Waals surface area contributed by atoms with Crippen molar-refractivity contribution in [1.82, 2.24) is 9.80 Å². The molecule has 2 atom stereocenters. The number of hydrogen-bond donors (Lipinski definition) is 1. The lowest BCUT2D eigenvalue weighted by Crippen LogP contribution is -2.46. The van der Waals surface area contributed by atoms with E-state index in [1.54, 1.807) is 4.90 Å². The van der Waals surface area contributed by atoms with Crippen molar-refractivity contribution in [2.75, 3.05) is 0 Å². The van der Waals surface area contributed by atoms with Gasteiger partial charge in [-0.2, -0.15) is 0 Å². The molecule has 1 heterocycles. The van der Waals surface area contributed by atoms with Gasteiger partial charge < -0.3 is 15.5 Å². The molecule has 1 aliphatic heterocycles. The summed E-state index contributed by atoms with van der Waals surface area (Å²) in [6.45, 7) is 10.0. The molecule has 2 amide bonds. The fourth-order valence-electron chi connectivity index (χ4n) is 2.09. The monoisotopic (exact) mass is 199 g/mol. The van der Waals surface area contributed by atoms with Gasteiger partial charge in [-0.05, 0) is 34.6 Å². The Kier molecular flexibility index (Phi) is 3.04. The number of nitrogens with zero attached hydrogens (tertiary/aromatic N) is 2. The van der Waals surface area contributed by atoms with Crippen LogP contribution in [0.4, 0.5) is 4.79 Å². The highest BCUT2D eigenvalue weighted by Crippen LogP contribution is 2.24. The number of hydrogen-bond acceptors (Lipinski definition) is 2. The maximum absolute atomic E-state index is 12.0. The van der Waals surface area contributed by atoms with Gasteiger partial charge in [0.25, 0.3) is 0 Å². The van der Waals surface area contributed by atoms with Crippen LogP contribution in [0, 0.1) is 0 Å². The van der Waals surface area contributed by atoms with E-state index < -0.39 is 0 Å². The fourth-order valence-corrected chi connectivity index (χ4v) is 2.09.